The summed E-state index contributed by atoms with van der Waals surface area (Å²) in [5.74, 6) is -0.125. The van der Waals surface area contributed by atoms with Crippen LogP contribution in [0.4, 0.5) is 15.9 Å². The van der Waals surface area contributed by atoms with Gasteiger partial charge in [-0.15, -0.1) is 0 Å². The zero-order chi connectivity index (χ0) is 11.5. The third-order valence-corrected chi connectivity index (χ3v) is 2.71. The minimum absolute atomic E-state index is 0.429. The van der Waals surface area contributed by atoms with E-state index in [0.29, 0.717) is 5.82 Å². The van der Waals surface area contributed by atoms with Crippen molar-refractivity contribution in [3.05, 3.63) is 46.6 Å². The van der Waals surface area contributed by atoms with E-state index in [2.05, 4.69) is 31.2 Å². The average molecular weight is 282 g/mol. The summed E-state index contributed by atoms with van der Waals surface area (Å²) in [6, 6.07) is 7.10. The predicted octanol–water partition coefficient (Wildman–Crippen LogP) is 3.43. The lowest BCUT2D eigenvalue weighted by molar-refractivity contribution is 0.580. The molecule has 0 amide bonds. The fourth-order valence-electron chi connectivity index (χ4n) is 1.27. The second-order valence-electron chi connectivity index (χ2n) is 3.33. The van der Waals surface area contributed by atoms with Crippen LogP contribution in [0.3, 0.4) is 0 Å². The Bertz CT molecular complexity index is 516. The van der Waals surface area contributed by atoms with E-state index in [1.165, 1.54) is 12.4 Å². The van der Waals surface area contributed by atoms with E-state index in [4.69, 9.17) is 0 Å². The van der Waals surface area contributed by atoms with Crippen molar-refractivity contribution in [3.63, 3.8) is 0 Å². The molecule has 0 aliphatic heterocycles. The van der Waals surface area contributed by atoms with Crippen LogP contribution in [0.15, 0.2) is 35.1 Å². The Morgan fingerprint density at radius 1 is 1.25 bits per heavy atom. The maximum atomic E-state index is 12.8. The maximum Gasteiger partial charge on any atom is 0.218 e. The van der Waals surface area contributed by atoms with Crippen LogP contribution < -0.4 is 5.32 Å². The van der Waals surface area contributed by atoms with Gasteiger partial charge in [-0.25, -0.2) is 9.97 Å². The normalized spacial score (nSPS) is 10.2. The van der Waals surface area contributed by atoms with Gasteiger partial charge in [-0.1, -0.05) is 6.07 Å². The van der Waals surface area contributed by atoms with Gasteiger partial charge in [0.1, 0.15) is 12.1 Å². The fraction of sp³-hybridized carbons (Fsp3) is 0.0909. The molecule has 1 aromatic heterocycles. The lowest BCUT2D eigenvalue weighted by Gasteiger charge is -2.08. The van der Waals surface area contributed by atoms with Crippen molar-refractivity contribution < 1.29 is 4.39 Å². The highest BCUT2D eigenvalue weighted by Crippen LogP contribution is 2.25. The molecule has 1 N–H and O–H groups in total. The average Bonchev–Trinajstić information content (AvgIpc) is 2.24. The minimum atomic E-state index is -0.554. The van der Waals surface area contributed by atoms with Crippen molar-refractivity contribution in [2.45, 2.75) is 6.92 Å². The third kappa shape index (κ3) is 2.55. The van der Waals surface area contributed by atoms with Crippen LogP contribution in [-0.2, 0) is 0 Å². The number of aromatic nitrogens is 2. The summed E-state index contributed by atoms with van der Waals surface area (Å²) in [5, 5.41) is 3.02. The zero-order valence-electron chi connectivity index (χ0n) is 8.54. The molecule has 0 aliphatic rings. The van der Waals surface area contributed by atoms with E-state index >= 15 is 0 Å². The number of aryl methyl sites for hydroxylation is 1. The minimum Gasteiger partial charge on any atom is -0.339 e. The number of nitrogens with zero attached hydrogens (tertiary/aromatic N) is 2. The highest BCUT2D eigenvalue weighted by Gasteiger charge is 2.02. The van der Waals surface area contributed by atoms with E-state index in [0.717, 1.165) is 15.7 Å². The number of halogens is 2. The van der Waals surface area contributed by atoms with Gasteiger partial charge in [0, 0.05) is 10.5 Å². The second kappa shape index (κ2) is 4.57. The lowest BCUT2D eigenvalue weighted by Crippen LogP contribution is -1.96. The Kier molecular flexibility index (Phi) is 3.14. The maximum absolute atomic E-state index is 12.8. The van der Waals surface area contributed by atoms with Crippen molar-refractivity contribution in [3.8, 4) is 0 Å². The Morgan fingerprint density at radius 3 is 2.81 bits per heavy atom. The quantitative estimate of drug-likeness (QED) is 0.857. The van der Waals surface area contributed by atoms with Crippen molar-refractivity contribution in [1.82, 2.24) is 9.97 Å². The SMILES string of the molecule is Cc1ccc(Br)c(Nc2cc(F)ncn2)c1. The largest absolute Gasteiger partial charge is 0.339 e. The lowest BCUT2D eigenvalue weighted by atomic mass is 10.2. The molecular formula is C11H9BrFN3. The van der Waals surface area contributed by atoms with Gasteiger partial charge in [-0.05, 0) is 40.5 Å². The van der Waals surface area contributed by atoms with Gasteiger partial charge in [0.15, 0.2) is 0 Å². The summed E-state index contributed by atoms with van der Waals surface area (Å²) in [6.45, 7) is 1.98. The number of hydrogen-bond acceptors (Lipinski definition) is 3. The molecule has 0 bridgehead atoms. The number of benzene rings is 1. The first-order chi connectivity index (χ1) is 7.65. The second-order valence-corrected chi connectivity index (χ2v) is 4.19. The number of rotatable bonds is 2. The molecule has 82 valence electrons. The van der Waals surface area contributed by atoms with Crippen LogP contribution in [0.25, 0.3) is 0 Å². The molecule has 0 fully saturated rings. The van der Waals surface area contributed by atoms with E-state index in [-0.39, 0.29) is 0 Å². The van der Waals surface area contributed by atoms with Crippen LogP contribution in [-0.4, -0.2) is 9.97 Å². The van der Waals surface area contributed by atoms with Gasteiger partial charge in [0.2, 0.25) is 5.95 Å². The molecule has 0 saturated heterocycles. The van der Waals surface area contributed by atoms with Crippen molar-refractivity contribution in [1.29, 1.82) is 0 Å². The molecule has 0 aliphatic carbocycles. The zero-order valence-corrected chi connectivity index (χ0v) is 10.1. The first-order valence-corrected chi connectivity index (χ1v) is 5.45. The molecule has 0 atom stereocenters. The Morgan fingerprint density at radius 2 is 2.06 bits per heavy atom. The first-order valence-electron chi connectivity index (χ1n) is 4.66. The molecule has 5 heteroatoms. The highest BCUT2D eigenvalue weighted by molar-refractivity contribution is 9.10. The van der Waals surface area contributed by atoms with Gasteiger partial charge < -0.3 is 5.32 Å². The van der Waals surface area contributed by atoms with E-state index in [9.17, 15) is 4.39 Å². The molecule has 1 heterocycles. The van der Waals surface area contributed by atoms with E-state index in [1.54, 1.807) is 0 Å². The molecule has 16 heavy (non-hydrogen) atoms. The number of anilines is 2. The predicted molar refractivity (Wildman–Crippen MR) is 64.2 cm³/mol. The van der Waals surface area contributed by atoms with Gasteiger partial charge in [0.25, 0.3) is 0 Å². The van der Waals surface area contributed by atoms with Gasteiger partial charge in [0.05, 0.1) is 5.69 Å². The van der Waals surface area contributed by atoms with Crippen LogP contribution in [0.5, 0.6) is 0 Å². The van der Waals surface area contributed by atoms with Crippen LogP contribution in [0.2, 0.25) is 0 Å². The summed E-state index contributed by atoms with van der Waals surface area (Å²) >= 11 is 3.41. The van der Waals surface area contributed by atoms with Gasteiger partial charge in [-0.3, -0.25) is 0 Å². The Labute approximate surface area is 101 Å². The summed E-state index contributed by atoms with van der Waals surface area (Å²) < 4.78 is 13.7. The highest BCUT2D eigenvalue weighted by atomic mass is 79.9. The smallest absolute Gasteiger partial charge is 0.218 e. The van der Waals surface area contributed by atoms with Crippen LogP contribution in [0, 0.1) is 12.9 Å². The van der Waals surface area contributed by atoms with Crippen molar-refractivity contribution >= 4 is 27.4 Å². The molecule has 0 unspecified atom stereocenters. The van der Waals surface area contributed by atoms with E-state index in [1.807, 2.05) is 25.1 Å². The molecule has 0 spiro atoms. The van der Waals surface area contributed by atoms with Crippen LogP contribution >= 0.6 is 15.9 Å². The molecule has 2 rings (SSSR count). The topological polar surface area (TPSA) is 37.8 Å². The third-order valence-electron chi connectivity index (χ3n) is 2.02. The summed E-state index contributed by atoms with van der Waals surface area (Å²) in [4.78, 5) is 7.31. The standard InChI is InChI=1S/C11H9BrFN3/c1-7-2-3-8(12)9(4-7)16-11-5-10(13)14-6-15-11/h2-6H,1H3,(H,14,15,16). The van der Waals surface area contributed by atoms with Gasteiger partial charge >= 0.3 is 0 Å². The van der Waals surface area contributed by atoms with Gasteiger partial charge in [-0.2, -0.15) is 4.39 Å². The van der Waals surface area contributed by atoms with Crippen molar-refractivity contribution in [2.24, 2.45) is 0 Å². The van der Waals surface area contributed by atoms with Crippen LogP contribution in [0.1, 0.15) is 5.56 Å². The molecular weight excluding hydrogens is 273 g/mol. The molecule has 3 nitrogen and oxygen atoms in total. The fourth-order valence-corrected chi connectivity index (χ4v) is 1.62. The first kappa shape index (κ1) is 11.0. The summed E-state index contributed by atoms with van der Waals surface area (Å²) in [5.41, 5.74) is 1.96. The summed E-state index contributed by atoms with van der Waals surface area (Å²) in [7, 11) is 0. The molecule has 1 aromatic carbocycles. The Hall–Kier alpha value is -1.49. The number of nitrogens with one attached hydrogen (secondary N) is 1. The molecule has 2 aromatic rings. The Balaban J connectivity index is 2.30. The number of hydrogen-bond donors (Lipinski definition) is 1. The van der Waals surface area contributed by atoms with E-state index < -0.39 is 5.95 Å². The summed E-state index contributed by atoms with van der Waals surface area (Å²) in [6.07, 6.45) is 1.18. The molecule has 0 radical (unpaired) electrons. The van der Waals surface area contributed by atoms with Crippen molar-refractivity contribution in [2.75, 3.05) is 5.32 Å². The molecule has 0 saturated carbocycles. The monoisotopic (exact) mass is 281 g/mol.